The van der Waals surface area contributed by atoms with Gasteiger partial charge < -0.3 is 20.9 Å². The van der Waals surface area contributed by atoms with Crippen molar-refractivity contribution >= 4 is 40.2 Å². The van der Waals surface area contributed by atoms with E-state index in [1.807, 2.05) is 6.07 Å². The van der Waals surface area contributed by atoms with Gasteiger partial charge in [0.25, 0.3) is 5.91 Å². The van der Waals surface area contributed by atoms with Gasteiger partial charge in [-0.1, -0.05) is 30.5 Å². The van der Waals surface area contributed by atoms with E-state index in [9.17, 15) is 19.6 Å². The molecule has 2 heterocycles. The van der Waals surface area contributed by atoms with E-state index in [2.05, 4.69) is 27.0 Å². The van der Waals surface area contributed by atoms with Gasteiger partial charge in [-0.3, -0.25) is 14.4 Å². The Morgan fingerprint density at radius 3 is 2.72 bits per heavy atom. The van der Waals surface area contributed by atoms with Gasteiger partial charge in [0.05, 0.1) is 6.07 Å². The summed E-state index contributed by atoms with van der Waals surface area (Å²) in [5.41, 5.74) is 1.05. The smallest absolute Gasteiger partial charge is 0.268 e. The lowest BCUT2D eigenvalue weighted by Crippen LogP contribution is -2.50. The third-order valence-electron chi connectivity index (χ3n) is 6.14. The molecule has 8 nitrogen and oxygen atoms in total. The SMILES string of the molecule is N#CC(C[C@@H]1CCCNC1=O)NC(=O)C(CC1CC1)NC(=O)c1cc2c(Cl)cccc2[nH]1. The number of nitrogens with one attached hydrogen (secondary N) is 4. The third kappa shape index (κ3) is 5.22. The summed E-state index contributed by atoms with van der Waals surface area (Å²) in [5.74, 6) is -0.791. The number of carbonyl (C=O) groups is 3. The summed E-state index contributed by atoms with van der Waals surface area (Å²) in [6.07, 6.45) is 4.37. The second kappa shape index (κ2) is 9.61. The number of amides is 3. The molecule has 0 radical (unpaired) electrons. The highest BCUT2D eigenvalue weighted by Gasteiger charge is 2.33. The Kier molecular flexibility index (Phi) is 6.66. The van der Waals surface area contributed by atoms with Crippen LogP contribution in [0.2, 0.25) is 5.02 Å². The van der Waals surface area contributed by atoms with Crippen LogP contribution in [0.1, 0.15) is 49.0 Å². The first-order valence-corrected chi connectivity index (χ1v) is 11.4. The maximum absolute atomic E-state index is 13.0. The molecule has 4 N–H and O–H groups in total. The molecule has 0 bridgehead atoms. The Hall–Kier alpha value is -3.05. The van der Waals surface area contributed by atoms with Gasteiger partial charge in [0, 0.05) is 28.4 Å². The standard InChI is InChI=1S/C23H26ClN5O3/c24-17-4-1-5-18-16(17)11-20(28-18)23(32)29-19(9-13-6-7-13)22(31)27-15(12-25)10-14-3-2-8-26-21(14)30/h1,4-5,11,13-15,19,28H,2-3,6-10H2,(H,26,30)(H,27,31)(H,29,32)/t14-,15?,19?/m0/s1. The molecule has 0 spiro atoms. The molecule has 2 aliphatic rings. The number of piperidine rings is 1. The first-order valence-electron chi connectivity index (χ1n) is 11.0. The van der Waals surface area contributed by atoms with Crippen molar-refractivity contribution in [3.8, 4) is 6.07 Å². The molecule has 2 aromatic rings. The lowest BCUT2D eigenvalue weighted by molar-refractivity contribution is -0.128. The summed E-state index contributed by atoms with van der Waals surface area (Å²) in [6.45, 7) is 0.646. The van der Waals surface area contributed by atoms with Gasteiger partial charge in [-0.2, -0.15) is 5.26 Å². The Labute approximate surface area is 191 Å². The van der Waals surface area contributed by atoms with Crippen LogP contribution in [-0.2, 0) is 9.59 Å². The number of aromatic nitrogens is 1. The number of halogens is 1. The molecule has 168 valence electrons. The minimum atomic E-state index is -0.790. The number of carbonyl (C=O) groups excluding carboxylic acids is 3. The van der Waals surface area contributed by atoms with Crippen LogP contribution in [-0.4, -0.2) is 41.3 Å². The number of fused-ring (bicyclic) bond motifs is 1. The van der Waals surface area contributed by atoms with E-state index in [0.717, 1.165) is 30.2 Å². The Morgan fingerprint density at radius 2 is 2.03 bits per heavy atom. The average Bonchev–Trinajstić information content (AvgIpc) is 3.48. The first kappa shape index (κ1) is 22.2. The molecule has 9 heteroatoms. The zero-order valence-corrected chi connectivity index (χ0v) is 18.4. The van der Waals surface area contributed by atoms with Crippen LogP contribution in [0.5, 0.6) is 0 Å². The van der Waals surface area contributed by atoms with Crippen LogP contribution in [0, 0.1) is 23.2 Å². The fourth-order valence-electron chi connectivity index (χ4n) is 4.16. The average molecular weight is 456 g/mol. The number of nitrogens with zero attached hydrogens (tertiary/aromatic N) is 1. The summed E-state index contributed by atoms with van der Waals surface area (Å²) in [7, 11) is 0. The van der Waals surface area contributed by atoms with Crippen LogP contribution < -0.4 is 16.0 Å². The predicted molar refractivity (Wildman–Crippen MR) is 120 cm³/mol. The highest BCUT2D eigenvalue weighted by atomic mass is 35.5. The number of H-pyrrole nitrogens is 1. The van der Waals surface area contributed by atoms with Crippen molar-refractivity contribution in [1.29, 1.82) is 5.26 Å². The minimum Gasteiger partial charge on any atom is -0.356 e. The van der Waals surface area contributed by atoms with E-state index >= 15 is 0 Å². The minimum absolute atomic E-state index is 0.0777. The number of benzene rings is 1. The lowest BCUT2D eigenvalue weighted by Gasteiger charge is -2.25. The van der Waals surface area contributed by atoms with E-state index in [-0.39, 0.29) is 18.2 Å². The zero-order valence-electron chi connectivity index (χ0n) is 17.6. The van der Waals surface area contributed by atoms with E-state index in [1.165, 1.54) is 0 Å². The summed E-state index contributed by atoms with van der Waals surface area (Å²) < 4.78 is 0. The number of hydrogen-bond donors (Lipinski definition) is 4. The zero-order chi connectivity index (χ0) is 22.7. The number of rotatable bonds is 8. The molecule has 1 aromatic heterocycles. The molecule has 32 heavy (non-hydrogen) atoms. The largest absolute Gasteiger partial charge is 0.356 e. The molecular weight excluding hydrogens is 430 g/mol. The summed E-state index contributed by atoms with van der Waals surface area (Å²) in [6, 6.07) is 7.57. The third-order valence-corrected chi connectivity index (χ3v) is 6.46. The summed E-state index contributed by atoms with van der Waals surface area (Å²) in [4.78, 5) is 40.9. The molecule has 1 aromatic carbocycles. The van der Waals surface area contributed by atoms with E-state index in [1.54, 1.807) is 18.2 Å². The van der Waals surface area contributed by atoms with Gasteiger partial charge >= 0.3 is 0 Å². The second-order valence-electron chi connectivity index (χ2n) is 8.65. The van der Waals surface area contributed by atoms with E-state index < -0.39 is 23.9 Å². The molecule has 1 saturated carbocycles. The van der Waals surface area contributed by atoms with Crippen molar-refractivity contribution in [3.63, 3.8) is 0 Å². The van der Waals surface area contributed by atoms with Crippen molar-refractivity contribution in [3.05, 3.63) is 35.0 Å². The van der Waals surface area contributed by atoms with Gasteiger partial charge in [0.1, 0.15) is 17.8 Å². The normalized spacial score (nSPS) is 20.1. The molecule has 3 atom stereocenters. The van der Waals surface area contributed by atoms with Crippen LogP contribution in [0.15, 0.2) is 24.3 Å². The highest BCUT2D eigenvalue weighted by Crippen LogP contribution is 2.34. The van der Waals surface area contributed by atoms with Gasteiger partial charge in [0.2, 0.25) is 11.8 Å². The number of hydrogen-bond acceptors (Lipinski definition) is 4. The molecular formula is C23H26ClN5O3. The maximum Gasteiger partial charge on any atom is 0.268 e. The molecule has 1 saturated heterocycles. The Morgan fingerprint density at radius 1 is 1.22 bits per heavy atom. The predicted octanol–water partition coefficient (Wildman–Crippen LogP) is 2.64. The summed E-state index contributed by atoms with van der Waals surface area (Å²) in [5, 5.41) is 19.2. The molecule has 3 amide bonds. The Balaban J connectivity index is 1.42. The van der Waals surface area contributed by atoms with Crippen molar-refractivity contribution < 1.29 is 14.4 Å². The second-order valence-corrected chi connectivity index (χ2v) is 9.05. The van der Waals surface area contributed by atoms with E-state index in [4.69, 9.17) is 11.6 Å². The number of nitriles is 1. The van der Waals surface area contributed by atoms with Crippen molar-refractivity contribution in [2.24, 2.45) is 11.8 Å². The van der Waals surface area contributed by atoms with Crippen LogP contribution >= 0.6 is 11.6 Å². The Bertz CT molecular complexity index is 1070. The topological polar surface area (TPSA) is 127 Å². The summed E-state index contributed by atoms with van der Waals surface area (Å²) >= 11 is 6.20. The van der Waals surface area contributed by atoms with Gasteiger partial charge in [-0.25, -0.2) is 0 Å². The molecule has 4 rings (SSSR count). The monoisotopic (exact) mass is 455 g/mol. The molecule has 2 unspecified atom stereocenters. The van der Waals surface area contributed by atoms with Crippen molar-refractivity contribution in [2.45, 2.75) is 50.6 Å². The van der Waals surface area contributed by atoms with Gasteiger partial charge in [-0.05, 0) is 49.8 Å². The van der Waals surface area contributed by atoms with Crippen molar-refractivity contribution in [2.75, 3.05) is 6.54 Å². The quantitative estimate of drug-likeness (QED) is 0.488. The number of aromatic amines is 1. The van der Waals surface area contributed by atoms with Crippen LogP contribution in [0.25, 0.3) is 10.9 Å². The van der Waals surface area contributed by atoms with Crippen LogP contribution in [0.3, 0.4) is 0 Å². The first-order chi connectivity index (χ1) is 15.4. The molecule has 1 aliphatic heterocycles. The maximum atomic E-state index is 13.0. The fraction of sp³-hybridized carbons (Fsp3) is 0.478. The van der Waals surface area contributed by atoms with Crippen LogP contribution in [0.4, 0.5) is 0 Å². The van der Waals surface area contributed by atoms with Gasteiger partial charge in [0.15, 0.2) is 0 Å². The highest BCUT2D eigenvalue weighted by molar-refractivity contribution is 6.35. The van der Waals surface area contributed by atoms with Gasteiger partial charge in [-0.15, -0.1) is 0 Å². The molecule has 2 fully saturated rings. The van der Waals surface area contributed by atoms with E-state index in [0.29, 0.717) is 36.0 Å². The molecule has 1 aliphatic carbocycles. The fourth-order valence-corrected chi connectivity index (χ4v) is 4.39. The van der Waals surface area contributed by atoms with Crippen molar-refractivity contribution in [1.82, 2.24) is 20.9 Å². The lowest BCUT2D eigenvalue weighted by atomic mass is 9.92.